The number of methoxy groups -OCH3 is 1. The van der Waals surface area contributed by atoms with Crippen molar-refractivity contribution in [3.63, 3.8) is 0 Å². The van der Waals surface area contributed by atoms with E-state index in [4.69, 9.17) is 21.1 Å². The number of anilines is 1. The molecule has 29 heavy (non-hydrogen) atoms. The number of nitrogens with zero attached hydrogens (tertiary/aromatic N) is 1. The van der Waals surface area contributed by atoms with Gasteiger partial charge in [-0.05, 0) is 29.8 Å². The van der Waals surface area contributed by atoms with Crippen LogP contribution in [-0.2, 0) is 14.3 Å². The summed E-state index contributed by atoms with van der Waals surface area (Å²) < 4.78 is 10.1. The van der Waals surface area contributed by atoms with Gasteiger partial charge in [0.1, 0.15) is 5.75 Å². The summed E-state index contributed by atoms with van der Waals surface area (Å²) in [6.45, 7) is -0.414. The average Bonchev–Trinajstić information content (AvgIpc) is 3.19. The maximum Gasteiger partial charge on any atom is 0.331 e. The first-order valence-electron chi connectivity index (χ1n) is 8.54. The van der Waals surface area contributed by atoms with Crippen molar-refractivity contribution in [2.24, 2.45) is 0 Å². The van der Waals surface area contributed by atoms with Crippen LogP contribution >= 0.6 is 22.9 Å². The van der Waals surface area contributed by atoms with Gasteiger partial charge in [-0.1, -0.05) is 41.9 Å². The molecule has 2 aromatic carbocycles. The highest BCUT2D eigenvalue weighted by Crippen LogP contribution is 2.30. The van der Waals surface area contributed by atoms with Crippen LogP contribution in [0, 0.1) is 0 Å². The van der Waals surface area contributed by atoms with Crippen LogP contribution in [0.15, 0.2) is 60.0 Å². The SMILES string of the molecule is COc1cccc(C=CC(=O)OCC(=O)Nc2nc(-c3ccccc3Cl)cs2)c1. The number of hydrogen-bond donors (Lipinski definition) is 1. The Balaban J connectivity index is 1.50. The van der Waals surface area contributed by atoms with Crippen LogP contribution in [0.2, 0.25) is 5.02 Å². The lowest BCUT2D eigenvalue weighted by atomic mass is 10.2. The third-order valence-corrected chi connectivity index (χ3v) is 4.84. The van der Waals surface area contributed by atoms with E-state index in [9.17, 15) is 9.59 Å². The summed E-state index contributed by atoms with van der Waals surface area (Å²) in [5.41, 5.74) is 2.22. The second-order valence-corrected chi connectivity index (χ2v) is 7.05. The molecule has 0 radical (unpaired) electrons. The minimum Gasteiger partial charge on any atom is -0.497 e. The third-order valence-electron chi connectivity index (χ3n) is 3.75. The Hall–Kier alpha value is -3.16. The molecular weight excluding hydrogens is 412 g/mol. The fourth-order valence-corrected chi connectivity index (χ4v) is 3.33. The Labute approximate surface area is 176 Å². The molecule has 1 N–H and O–H groups in total. The molecule has 0 spiro atoms. The smallest absolute Gasteiger partial charge is 0.331 e. The van der Waals surface area contributed by atoms with Gasteiger partial charge in [-0.15, -0.1) is 11.3 Å². The van der Waals surface area contributed by atoms with Crippen LogP contribution in [0.25, 0.3) is 17.3 Å². The molecule has 0 bridgehead atoms. The minimum atomic E-state index is -0.626. The van der Waals surface area contributed by atoms with Crippen LogP contribution < -0.4 is 10.1 Å². The van der Waals surface area contributed by atoms with Gasteiger partial charge in [-0.3, -0.25) is 10.1 Å². The van der Waals surface area contributed by atoms with Gasteiger partial charge in [-0.2, -0.15) is 0 Å². The number of esters is 1. The molecule has 3 aromatic rings. The number of carbonyl (C=O) groups excluding carboxylic acids is 2. The summed E-state index contributed by atoms with van der Waals surface area (Å²) in [6.07, 6.45) is 2.83. The molecule has 3 rings (SSSR count). The zero-order valence-electron chi connectivity index (χ0n) is 15.4. The molecule has 6 nitrogen and oxygen atoms in total. The summed E-state index contributed by atoms with van der Waals surface area (Å²) >= 11 is 7.41. The number of thiazole rings is 1. The Bertz CT molecular complexity index is 1050. The lowest BCUT2D eigenvalue weighted by molar-refractivity contribution is -0.142. The van der Waals surface area contributed by atoms with Gasteiger partial charge < -0.3 is 9.47 Å². The zero-order valence-corrected chi connectivity index (χ0v) is 17.0. The summed E-state index contributed by atoms with van der Waals surface area (Å²) in [5.74, 6) is -0.424. The van der Waals surface area contributed by atoms with Gasteiger partial charge >= 0.3 is 5.97 Å². The number of halogens is 1. The first-order chi connectivity index (χ1) is 14.0. The fraction of sp³-hybridized carbons (Fsp3) is 0.0952. The van der Waals surface area contributed by atoms with Crippen molar-refractivity contribution in [1.29, 1.82) is 0 Å². The van der Waals surface area contributed by atoms with E-state index in [0.717, 1.165) is 11.1 Å². The molecule has 148 valence electrons. The number of nitrogens with one attached hydrogen (secondary N) is 1. The van der Waals surface area contributed by atoms with Crippen LogP contribution in [0.3, 0.4) is 0 Å². The quantitative estimate of drug-likeness (QED) is 0.437. The van der Waals surface area contributed by atoms with Gasteiger partial charge in [0.25, 0.3) is 5.91 Å². The Morgan fingerprint density at radius 1 is 1.21 bits per heavy atom. The van der Waals surface area contributed by atoms with Gasteiger partial charge in [0, 0.05) is 22.0 Å². The van der Waals surface area contributed by atoms with Crippen LogP contribution in [-0.4, -0.2) is 30.6 Å². The molecule has 1 heterocycles. The van der Waals surface area contributed by atoms with E-state index in [1.54, 1.807) is 36.8 Å². The molecule has 0 aliphatic rings. The summed E-state index contributed by atoms with van der Waals surface area (Å²) in [4.78, 5) is 28.1. The second kappa shape index (κ2) is 9.86. The topological polar surface area (TPSA) is 77.5 Å². The van der Waals surface area contributed by atoms with Crippen LogP contribution in [0.1, 0.15) is 5.56 Å². The van der Waals surface area contributed by atoms with Crippen molar-refractivity contribution in [2.75, 3.05) is 19.0 Å². The summed E-state index contributed by atoms with van der Waals surface area (Å²) in [7, 11) is 1.57. The number of amides is 1. The van der Waals surface area contributed by atoms with E-state index in [-0.39, 0.29) is 0 Å². The first kappa shape index (κ1) is 20.6. The fourth-order valence-electron chi connectivity index (χ4n) is 2.37. The second-order valence-electron chi connectivity index (χ2n) is 5.78. The zero-order chi connectivity index (χ0) is 20.6. The van der Waals surface area contributed by atoms with Crippen molar-refractivity contribution in [3.8, 4) is 17.0 Å². The van der Waals surface area contributed by atoms with E-state index in [2.05, 4.69) is 10.3 Å². The van der Waals surface area contributed by atoms with Crippen LogP contribution in [0.4, 0.5) is 5.13 Å². The lowest BCUT2D eigenvalue weighted by Gasteiger charge is -2.03. The summed E-state index contributed by atoms with van der Waals surface area (Å²) in [5, 5.41) is 5.37. The number of ether oxygens (including phenoxy) is 2. The van der Waals surface area contributed by atoms with Gasteiger partial charge in [0.15, 0.2) is 11.7 Å². The summed E-state index contributed by atoms with van der Waals surface area (Å²) in [6, 6.07) is 14.5. The Kier molecular flexibility index (Phi) is 6.99. The van der Waals surface area contributed by atoms with Gasteiger partial charge in [0.2, 0.25) is 0 Å². The first-order valence-corrected chi connectivity index (χ1v) is 9.80. The number of benzene rings is 2. The molecule has 0 aliphatic carbocycles. The highest BCUT2D eigenvalue weighted by atomic mass is 35.5. The molecule has 0 unspecified atom stereocenters. The normalized spacial score (nSPS) is 10.7. The molecule has 0 fully saturated rings. The molecule has 0 saturated carbocycles. The molecule has 0 aliphatic heterocycles. The third kappa shape index (κ3) is 5.91. The van der Waals surface area contributed by atoms with Gasteiger partial charge in [0.05, 0.1) is 12.8 Å². The highest BCUT2D eigenvalue weighted by Gasteiger charge is 2.11. The van der Waals surface area contributed by atoms with Crippen molar-refractivity contribution in [2.45, 2.75) is 0 Å². The van der Waals surface area contributed by atoms with E-state index in [1.165, 1.54) is 17.4 Å². The Morgan fingerprint density at radius 2 is 2.03 bits per heavy atom. The van der Waals surface area contributed by atoms with E-state index in [1.807, 2.05) is 30.3 Å². The molecular formula is C21H17ClN2O4S. The molecule has 1 amide bonds. The monoisotopic (exact) mass is 428 g/mol. The highest BCUT2D eigenvalue weighted by molar-refractivity contribution is 7.14. The predicted octanol–water partition coefficient (Wildman–Crippen LogP) is 4.67. The largest absolute Gasteiger partial charge is 0.497 e. The molecule has 1 aromatic heterocycles. The predicted molar refractivity (Wildman–Crippen MR) is 114 cm³/mol. The van der Waals surface area contributed by atoms with Crippen LogP contribution in [0.5, 0.6) is 5.75 Å². The van der Waals surface area contributed by atoms with Crippen molar-refractivity contribution < 1.29 is 19.1 Å². The van der Waals surface area contributed by atoms with Gasteiger partial charge in [-0.25, -0.2) is 9.78 Å². The minimum absolute atomic E-state index is 0.396. The van der Waals surface area contributed by atoms with Crippen molar-refractivity contribution in [3.05, 3.63) is 70.6 Å². The maximum absolute atomic E-state index is 12.0. The Morgan fingerprint density at radius 3 is 2.83 bits per heavy atom. The van der Waals surface area contributed by atoms with E-state index in [0.29, 0.717) is 21.6 Å². The maximum atomic E-state index is 12.0. The van der Waals surface area contributed by atoms with Crippen molar-refractivity contribution in [1.82, 2.24) is 4.98 Å². The number of carbonyl (C=O) groups is 2. The lowest BCUT2D eigenvalue weighted by Crippen LogP contribution is -2.20. The molecule has 8 heteroatoms. The van der Waals surface area contributed by atoms with E-state index < -0.39 is 18.5 Å². The molecule has 0 saturated heterocycles. The molecule has 0 atom stereocenters. The van der Waals surface area contributed by atoms with Crippen molar-refractivity contribution >= 4 is 46.0 Å². The number of hydrogen-bond acceptors (Lipinski definition) is 6. The average molecular weight is 429 g/mol. The number of aromatic nitrogens is 1. The standard InChI is InChI=1S/C21H17ClN2O4S/c1-27-15-6-4-5-14(11-15)9-10-20(26)28-12-19(25)24-21-23-18(13-29-21)16-7-2-3-8-17(16)22/h2-11,13H,12H2,1H3,(H,23,24,25). The van der Waals surface area contributed by atoms with E-state index >= 15 is 0 Å². The number of rotatable bonds is 7.